The molecule has 0 amide bonds. The summed E-state index contributed by atoms with van der Waals surface area (Å²) in [5.74, 6) is 1.23. The molecule has 2 unspecified atom stereocenters. The van der Waals surface area contributed by atoms with Gasteiger partial charge in [-0.3, -0.25) is 0 Å². The molecule has 0 aliphatic heterocycles. The Labute approximate surface area is 88.3 Å². The SMILES string of the molecule is CCCC(C(CC)CO)C(CC)CO. The van der Waals surface area contributed by atoms with Crippen molar-refractivity contribution in [2.75, 3.05) is 13.2 Å². The van der Waals surface area contributed by atoms with Gasteiger partial charge in [0.25, 0.3) is 0 Å². The molecule has 0 rings (SSSR count). The largest absolute Gasteiger partial charge is 0.396 e. The highest BCUT2D eigenvalue weighted by molar-refractivity contribution is 4.75. The second-order valence-corrected chi connectivity index (χ2v) is 4.15. The highest BCUT2D eigenvalue weighted by atomic mass is 16.3. The van der Waals surface area contributed by atoms with Crippen LogP contribution in [-0.4, -0.2) is 23.4 Å². The van der Waals surface area contributed by atoms with Gasteiger partial charge < -0.3 is 10.2 Å². The van der Waals surface area contributed by atoms with E-state index in [1.165, 1.54) is 0 Å². The third kappa shape index (κ3) is 3.97. The average Bonchev–Trinajstić information content (AvgIpc) is 2.21. The average molecular weight is 202 g/mol. The Bertz CT molecular complexity index is 105. The molecule has 0 bridgehead atoms. The van der Waals surface area contributed by atoms with E-state index >= 15 is 0 Å². The summed E-state index contributed by atoms with van der Waals surface area (Å²) >= 11 is 0. The van der Waals surface area contributed by atoms with Crippen LogP contribution in [0.2, 0.25) is 0 Å². The Morgan fingerprint density at radius 1 is 0.857 bits per heavy atom. The van der Waals surface area contributed by atoms with Gasteiger partial charge in [-0.05, 0) is 17.8 Å². The van der Waals surface area contributed by atoms with Crippen LogP contribution in [0.1, 0.15) is 46.5 Å². The summed E-state index contributed by atoms with van der Waals surface area (Å²) in [7, 11) is 0. The molecule has 0 saturated carbocycles. The summed E-state index contributed by atoms with van der Waals surface area (Å²) in [4.78, 5) is 0. The van der Waals surface area contributed by atoms with E-state index in [0.717, 1.165) is 25.7 Å². The summed E-state index contributed by atoms with van der Waals surface area (Å²) in [5.41, 5.74) is 0. The van der Waals surface area contributed by atoms with Crippen LogP contribution in [0.15, 0.2) is 0 Å². The van der Waals surface area contributed by atoms with E-state index in [4.69, 9.17) is 0 Å². The molecule has 0 fully saturated rings. The summed E-state index contributed by atoms with van der Waals surface area (Å²) in [6.45, 7) is 6.93. The fraction of sp³-hybridized carbons (Fsp3) is 1.00. The Morgan fingerprint density at radius 3 is 1.50 bits per heavy atom. The predicted molar refractivity (Wildman–Crippen MR) is 60.1 cm³/mol. The van der Waals surface area contributed by atoms with Crippen LogP contribution in [0, 0.1) is 17.8 Å². The van der Waals surface area contributed by atoms with E-state index in [9.17, 15) is 10.2 Å². The van der Waals surface area contributed by atoms with Gasteiger partial charge in [0.05, 0.1) is 0 Å². The quantitative estimate of drug-likeness (QED) is 0.634. The zero-order chi connectivity index (χ0) is 11.0. The lowest BCUT2D eigenvalue weighted by molar-refractivity contribution is 0.0845. The Kier molecular flexibility index (Phi) is 8.20. The van der Waals surface area contributed by atoms with Crippen molar-refractivity contribution in [1.29, 1.82) is 0 Å². The second-order valence-electron chi connectivity index (χ2n) is 4.15. The summed E-state index contributed by atoms with van der Waals surface area (Å²) < 4.78 is 0. The maximum absolute atomic E-state index is 9.28. The maximum Gasteiger partial charge on any atom is 0.0461 e. The van der Waals surface area contributed by atoms with E-state index in [1.54, 1.807) is 0 Å². The molecule has 0 aliphatic carbocycles. The third-order valence-corrected chi connectivity index (χ3v) is 3.35. The van der Waals surface area contributed by atoms with Gasteiger partial charge in [-0.25, -0.2) is 0 Å². The van der Waals surface area contributed by atoms with Crippen molar-refractivity contribution in [3.63, 3.8) is 0 Å². The van der Waals surface area contributed by atoms with Gasteiger partial charge in [-0.1, -0.05) is 46.5 Å². The minimum absolute atomic E-state index is 0.262. The maximum atomic E-state index is 9.28. The predicted octanol–water partition coefficient (Wildman–Crippen LogP) is 2.44. The zero-order valence-corrected chi connectivity index (χ0v) is 9.87. The second kappa shape index (κ2) is 8.25. The molecule has 0 heterocycles. The van der Waals surface area contributed by atoms with Gasteiger partial charge >= 0.3 is 0 Å². The number of hydrogen-bond donors (Lipinski definition) is 2. The molecule has 0 saturated heterocycles. The lowest BCUT2D eigenvalue weighted by Gasteiger charge is -2.30. The van der Waals surface area contributed by atoms with Gasteiger partial charge in [-0.15, -0.1) is 0 Å². The standard InChI is InChI=1S/C12H26O2/c1-4-7-12(10(5-2)8-13)11(6-3)9-14/h10-14H,4-9H2,1-3H3. The molecule has 0 aromatic heterocycles. The van der Waals surface area contributed by atoms with Crippen LogP contribution >= 0.6 is 0 Å². The van der Waals surface area contributed by atoms with Gasteiger partial charge in [0, 0.05) is 13.2 Å². The van der Waals surface area contributed by atoms with E-state index in [1.807, 2.05) is 0 Å². The topological polar surface area (TPSA) is 40.5 Å². The Balaban J connectivity index is 4.36. The van der Waals surface area contributed by atoms with E-state index < -0.39 is 0 Å². The lowest BCUT2D eigenvalue weighted by atomic mass is 9.77. The zero-order valence-electron chi connectivity index (χ0n) is 9.87. The minimum Gasteiger partial charge on any atom is -0.396 e. The first-order chi connectivity index (χ1) is 6.74. The molecule has 0 aromatic rings. The summed E-state index contributed by atoms with van der Waals surface area (Å²) in [6.07, 6.45) is 4.28. The first-order valence-electron chi connectivity index (χ1n) is 5.96. The molecule has 86 valence electrons. The van der Waals surface area contributed by atoms with Crippen molar-refractivity contribution in [3.05, 3.63) is 0 Å². The number of aliphatic hydroxyl groups excluding tert-OH is 2. The number of hydrogen-bond acceptors (Lipinski definition) is 2. The molecule has 14 heavy (non-hydrogen) atoms. The number of rotatable bonds is 8. The summed E-state index contributed by atoms with van der Waals surface area (Å²) in [6, 6.07) is 0. The smallest absolute Gasteiger partial charge is 0.0461 e. The normalized spacial score (nSPS) is 17.8. The van der Waals surface area contributed by atoms with Crippen molar-refractivity contribution < 1.29 is 10.2 Å². The molecular formula is C12H26O2. The molecule has 0 aliphatic rings. The fourth-order valence-electron chi connectivity index (χ4n) is 2.32. The van der Waals surface area contributed by atoms with Gasteiger partial charge in [0.1, 0.15) is 0 Å². The van der Waals surface area contributed by atoms with Crippen molar-refractivity contribution in [2.24, 2.45) is 17.8 Å². The highest BCUT2D eigenvalue weighted by Gasteiger charge is 2.25. The number of aliphatic hydroxyl groups is 2. The monoisotopic (exact) mass is 202 g/mol. The molecule has 2 nitrogen and oxygen atoms in total. The summed E-state index contributed by atoms with van der Waals surface area (Å²) in [5, 5.41) is 18.6. The van der Waals surface area contributed by atoms with Crippen molar-refractivity contribution in [1.82, 2.24) is 0 Å². The van der Waals surface area contributed by atoms with Crippen LogP contribution in [0.3, 0.4) is 0 Å². The van der Waals surface area contributed by atoms with Crippen LogP contribution in [0.5, 0.6) is 0 Å². The molecular weight excluding hydrogens is 176 g/mol. The Morgan fingerprint density at radius 2 is 1.29 bits per heavy atom. The van der Waals surface area contributed by atoms with Crippen LogP contribution in [-0.2, 0) is 0 Å². The molecule has 2 heteroatoms. The first kappa shape index (κ1) is 13.9. The molecule has 0 aromatic carbocycles. The van der Waals surface area contributed by atoms with Gasteiger partial charge in [-0.2, -0.15) is 0 Å². The molecule has 0 spiro atoms. The molecule has 0 radical (unpaired) electrons. The van der Waals surface area contributed by atoms with E-state index in [0.29, 0.717) is 17.8 Å². The van der Waals surface area contributed by atoms with Crippen molar-refractivity contribution >= 4 is 0 Å². The molecule has 2 N–H and O–H groups in total. The van der Waals surface area contributed by atoms with Crippen molar-refractivity contribution in [3.8, 4) is 0 Å². The third-order valence-electron chi connectivity index (χ3n) is 3.35. The van der Waals surface area contributed by atoms with Crippen molar-refractivity contribution in [2.45, 2.75) is 46.5 Å². The van der Waals surface area contributed by atoms with E-state index in [-0.39, 0.29) is 13.2 Å². The van der Waals surface area contributed by atoms with E-state index in [2.05, 4.69) is 20.8 Å². The van der Waals surface area contributed by atoms with Gasteiger partial charge in [0.2, 0.25) is 0 Å². The highest BCUT2D eigenvalue weighted by Crippen LogP contribution is 2.30. The van der Waals surface area contributed by atoms with Crippen LogP contribution in [0.25, 0.3) is 0 Å². The fourth-order valence-corrected chi connectivity index (χ4v) is 2.32. The first-order valence-corrected chi connectivity index (χ1v) is 5.96. The lowest BCUT2D eigenvalue weighted by Crippen LogP contribution is -2.27. The Hall–Kier alpha value is -0.0800. The van der Waals surface area contributed by atoms with Gasteiger partial charge in [0.15, 0.2) is 0 Å². The minimum atomic E-state index is 0.262. The van der Waals surface area contributed by atoms with Crippen LogP contribution in [0.4, 0.5) is 0 Å². The van der Waals surface area contributed by atoms with Crippen LogP contribution < -0.4 is 0 Å². The molecule has 2 atom stereocenters.